The predicted molar refractivity (Wildman–Crippen MR) is 134 cm³/mol. The van der Waals surface area contributed by atoms with Gasteiger partial charge in [-0.25, -0.2) is 9.78 Å². The van der Waals surface area contributed by atoms with E-state index in [0.29, 0.717) is 21.5 Å². The number of amides is 1. The van der Waals surface area contributed by atoms with Crippen molar-refractivity contribution in [2.45, 2.75) is 40.3 Å². The average Bonchev–Trinajstić information content (AvgIpc) is 3.12. The largest absolute Gasteiger partial charge is 0.459 e. The van der Waals surface area contributed by atoms with E-state index in [4.69, 9.17) is 4.74 Å². The van der Waals surface area contributed by atoms with E-state index < -0.39 is 11.9 Å². The molecule has 0 aliphatic carbocycles. The van der Waals surface area contributed by atoms with Gasteiger partial charge in [-0.05, 0) is 51.5 Å². The zero-order valence-electron chi connectivity index (χ0n) is 19.4. The zero-order valence-corrected chi connectivity index (χ0v) is 20.2. The van der Waals surface area contributed by atoms with Crippen molar-refractivity contribution in [2.24, 2.45) is 0 Å². The summed E-state index contributed by atoms with van der Waals surface area (Å²) < 4.78 is 6.50. The van der Waals surface area contributed by atoms with Crippen LogP contribution in [-0.2, 0) is 16.1 Å². The van der Waals surface area contributed by atoms with E-state index >= 15 is 0 Å². The molecule has 2 heterocycles. The maximum Gasteiger partial charge on any atom is 0.338 e. The van der Waals surface area contributed by atoms with Crippen LogP contribution < -0.4 is 10.9 Å². The van der Waals surface area contributed by atoms with E-state index in [2.05, 4.69) is 10.3 Å². The Morgan fingerprint density at radius 2 is 1.85 bits per heavy atom. The molecule has 1 N–H and O–H groups in total. The van der Waals surface area contributed by atoms with Gasteiger partial charge in [0.25, 0.3) is 5.56 Å². The van der Waals surface area contributed by atoms with Crippen molar-refractivity contribution in [3.05, 3.63) is 81.2 Å². The quantitative estimate of drug-likeness (QED) is 0.399. The number of ether oxygens (including phenoxy) is 1. The number of hydrogen-bond donors (Lipinski definition) is 1. The Labute approximate surface area is 201 Å². The van der Waals surface area contributed by atoms with Gasteiger partial charge in [-0.3, -0.25) is 14.2 Å². The molecule has 1 amide bonds. The standard InChI is InChI=1S/C26H25N3O4S/c1-15(2)33-26(32)19-6-5-7-20(12-19)28-21(30)13-29-14-27-24-23(25(29)31)22(17(4)34-24)18-10-8-16(3)9-11-18/h5-12,14-15H,13H2,1-4H3,(H,28,30). The first-order valence-corrected chi connectivity index (χ1v) is 11.7. The lowest BCUT2D eigenvalue weighted by atomic mass is 10.0. The maximum absolute atomic E-state index is 13.3. The zero-order chi connectivity index (χ0) is 24.4. The molecule has 7 nitrogen and oxygen atoms in total. The number of nitrogens with zero attached hydrogens (tertiary/aromatic N) is 2. The predicted octanol–water partition coefficient (Wildman–Crippen LogP) is 4.95. The summed E-state index contributed by atoms with van der Waals surface area (Å²) in [7, 11) is 0. The molecule has 0 unspecified atom stereocenters. The van der Waals surface area contributed by atoms with Crippen LogP contribution in [0, 0.1) is 13.8 Å². The second-order valence-corrected chi connectivity index (χ2v) is 9.54. The third kappa shape index (κ3) is 4.92. The van der Waals surface area contributed by atoms with Crippen LogP contribution in [0.5, 0.6) is 0 Å². The van der Waals surface area contributed by atoms with E-state index in [0.717, 1.165) is 21.6 Å². The van der Waals surface area contributed by atoms with E-state index in [-0.39, 0.29) is 18.2 Å². The normalized spacial score (nSPS) is 11.1. The molecule has 4 rings (SSSR count). The van der Waals surface area contributed by atoms with Crippen LogP contribution in [0.1, 0.15) is 34.6 Å². The molecule has 0 spiro atoms. The lowest BCUT2D eigenvalue weighted by Crippen LogP contribution is -2.27. The lowest BCUT2D eigenvalue weighted by Gasteiger charge is -2.10. The first-order chi connectivity index (χ1) is 16.2. The Morgan fingerprint density at radius 1 is 1.12 bits per heavy atom. The molecule has 4 aromatic rings. The van der Waals surface area contributed by atoms with E-state index in [9.17, 15) is 14.4 Å². The number of carbonyl (C=O) groups is 2. The Morgan fingerprint density at radius 3 is 2.56 bits per heavy atom. The van der Waals surface area contributed by atoms with Crippen LogP contribution in [0.3, 0.4) is 0 Å². The number of aromatic nitrogens is 2. The molecule has 2 aromatic heterocycles. The molecule has 8 heteroatoms. The minimum atomic E-state index is -0.464. The summed E-state index contributed by atoms with van der Waals surface area (Å²) in [5, 5.41) is 3.25. The Balaban J connectivity index is 1.59. The topological polar surface area (TPSA) is 90.3 Å². The van der Waals surface area contributed by atoms with Crippen molar-refractivity contribution in [3.8, 4) is 11.1 Å². The number of thiophene rings is 1. The molecule has 2 aromatic carbocycles. The Bertz CT molecular complexity index is 1430. The number of benzene rings is 2. The second kappa shape index (κ2) is 9.61. The third-order valence-corrected chi connectivity index (χ3v) is 6.25. The summed E-state index contributed by atoms with van der Waals surface area (Å²) in [5.41, 5.74) is 3.44. The fourth-order valence-electron chi connectivity index (χ4n) is 3.68. The number of nitrogens with one attached hydrogen (secondary N) is 1. The smallest absolute Gasteiger partial charge is 0.338 e. The molecule has 0 fully saturated rings. The number of fused-ring (bicyclic) bond motifs is 1. The van der Waals surface area contributed by atoms with Crippen molar-refractivity contribution in [1.29, 1.82) is 0 Å². The SMILES string of the molecule is Cc1ccc(-c2c(C)sc3ncn(CC(=O)Nc4cccc(C(=O)OC(C)C)c4)c(=O)c23)cc1. The summed E-state index contributed by atoms with van der Waals surface area (Å²) in [6.45, 7) is 7.31. The highest BCUT2D eigenvalue weighted by Gasteiger charge is 2.18. The average molecular weight is 476 g/mol. The van der Waals surface area contributed by atoms with Gasteiger partial charge >= 0.3 is 5.97 Å². The van der Waals surface area contributed by atoms with Crippen LogP contribution in [-0.4, -0.2) is 27.5 Å². The number of carbonyl (C=O) groups excluding carboxylic acids is 2. The van der Waals surface area contributed by atoms with Gasteiger partial charge in [-0.2, -0.15) is 0 Å². The fraction of sp³-hybridized carbons (Fsp3) is 0.231. The summed E-state index contributed by atoms with van der Waals surface area (Å²) in [6, 6.07) is 14.5. The summed E-state index contributed by atoms with van der Waals surface area (Å²) >= 11 is 1.46. The molecular weight excluding hydrogens is 450 g/mol. The van der Waals surface area contributed by atoms with Crippen LogP contribution >= 0.6 is 11.3 Å². The Hall–Kier alpha value is -3.78. The molecule has 0 saturated heterocycles. The summed E-state index contributed by atoms with van der Waals surface area (Å²) in [6.07, 6.45) is 1.15. The maximum atomic E-state index is 13.3. The molecular formula is C26H25N3O4S. The van der Waals surface area contributed by atoms with Crippen molar-refractivity contribution in [2.75, 3.05) is 5.32 Å². The van der Waals surface area contributed by atoms with Gasteiger partial charge in [0.1, 0.15) is 11.4 Å². The molecule has 0 radical (unpaired) electrons. The number of aryl methyl sites for hydroxylation is 2. The minimum Gasteiger partial charge on any atom is -0.459 e. The van der Waals surface area contributed by atoms with Crippen molar-refractivity contribution >= 4 is 39.1 Å². The van der Waals surface area contributed by atoms with Crippen LogP contribution in [0.25, 0.3) is 21.3 Å². The van der Waals surface area contributed by atoms with Gasteiger partial charge < -0.3 is 10.1 Å². The van der Waals surface area contributed by atoms with Crippen molar-refractivity contribution in [1.82, 2.24) is 9.55 Å². The van der Waals surface area contributed by atoms with E-state index in [1.165, 1.54) is 22.2 Å². The van der Waals surface area contributed by atoms with Gasteiger partial charge in [-0.1, -0.05) is 35.9 Å². The molecule has 34 heavy (non-hydrogen) atoms. The second-order valence-electron chi connectivity index (χ2n) is 8.34. The number of anilines is 1. The van der Waals surface area contributed by atoms with Gasteiger partial charge in [0.2, 0.25) is 5.91 Å². The monoisotopic (exact) mass is 475 g/mol. The minimum absolute atomic E-state index is 0.204. The molecule has 0 saturated carbocycles. The number of esters is 1. The van der Waals surface area contributed by atoms with Crippen molar-refractivity contribution < 1.29 is 14.3 Å². The first-order valence-electron chi connectivity index (χ1n) is 10.9. The molecule has 0 aliphatic rings. The van der Waals surface area contributed by atoms with E-state index in [1.807, 2.05) is 38.1 Å². The molecule has 174 valence electrons. The van der Waals surface area contributed by atoms with Gasteiger partial charge in [-0.15, -0.1) is 11.3 Å². The van der Waals surface area contributed by atoms with Crippen LogP contribution in [0.4, 0.5) is 5.69 Å². The highest BCUT2D eigenvalue weighted by Crippen LogP contribution is 2.35. The summed E-state index contributed by atoms with van der Waals surface area (Å²) in [5.74, 6) is -0.866. The lowest BCUT2D eigenvalue weighted by molar-refractivity contribution is -0.116. The fourth-order valence-corrected chi connectivity index (χ4v) is 4.68. The molecule has 0 aliphatic heterocycles. The molecule has 0 bridgehead atoms. The van der Waals surface area contributed by atoms with Gasteiger partial charge in [0.15, 0.2) is 0 Å². The van der Waals surface area contributed by atoms with Crippen molar-refractivity contribution in [3.63, 3.8) is 0 Å². The molecule has 0 atom stereocenters. The first kappa shape index (κ1) is 23.4. The highest BCUT2D eigenvalue weighted by atomic mass is 32.1. The van der Waals surface area contributed by atoms with Crippen LogP contribution in [0.2, 0.25) is 0 Å². The number of hydrogen-bond acceptors (Lipinski definition) is 6. The number of rotatable bonds is 6. The highest BCUT2D eigenvalue weighted by molar-refractivity contribution is 7.19. The van der Waals surface area contributed by atoms with Gasteiger partial charge in [0.05, 0.1) is 23.4 Å². The third-order valence-electron chi connectivity index (χ3n) is 5.23. The Kier molecular flexibility index (Phi) is 6.61. The van der Waals surface area contributed by atoms with E-state index in [1.54, 1.807) is 38.1 Å². The summed E-state index contributed by atoms with van der Waals surface area (Å²) in [4.78, 5) is 44.2. The van der Waals surface area contributed by atoms with Gasteiger partial charge in [0, 0.05) is 16.1 Å². The van der Waals surface area contributed by atoms with Crippen LogP contribution in [0.15, 0.2) is 59.7 Å².